The number of piperidine rings is 1. The van der Waals surface area contributed by atoms with Crippen molar-refractivity contribution >= 4 is 28.8 Å². The van der Waals surface area contributed by atoms with Gasteiger partial charge in [-0.15, -0.1) is 11.3 Å². The molecule has 2 aliphatic heterocycles. The average molecular weight is 532 g/mol. The van der Waals surface area contributed by atoms with Crippen molar-refractivity contribution in [1.29, 1.82) is 0 Å². The van der Waals surface area contributed by atoms with E-state index in [2.05, 4.69) is 25.8 Å². The summed E-state index contributed by atoms with van der Waals surface area (Å²) in [5.41, 5.74) is 3.17. The molecule has 1 aromatic carbocycles. The summed E-state index contributed by atoms with van der Waals surface area (Å²) in [6, 6.07) is 12.8. The van der Waals surface area contributed by atoms with E-state index in [4.69, 9.17) is 0 Å². The van der Waals surface area contributed by atoms with E-state index in [1.807, 2.05) is 46.8 Å². The molecule has 38 heavy (non-hydrogen) atoms. The summed E-state index contributed by atoms with van der Waals surface area (Å²) in [6.45, 7) is 4.34. The van der Waals surface area contributed by atoms with Crippen LogP contribution in [0.5, 0.6) is 0 Å². The lowest BCUT2D eigenvalue weighted by Crippen LogP contribution is -2.52. The van der Waals surface area contributed by atoms with Crippen molar-refractivity contribution in [3.63, 3.8) is 0 Å². The van der Waals surface area contributed by atoms with Crippen LogP contribution in [0.15, 0.2) is 60.4 Å². The molecule has 5 rings (SSSR count). The van der Waals surface area contributed by atoms with Gasteiger partial charge in [-0.1, -0.05) is 24.6 Å². The molecule has 0 saturated carbocycles. The fourth-order valence-corrected chi connectivity index (χ4v) is 6.59. The first-order valence-electron chi connectivity index (χ1n) is 13.8. The molecule has 0 radical (unpaired) electrons. The highest BCUT2D eigenvalue weighted by molar-refractivity contribution is 7.09. The third-order valence-electron chi connectivity index (χ3n) is 7.91. The summed E-state index contributed by atoms with van der Waals surface area (Å²) in [6.07, 6.45) is 11.9. The standard InChI is InChI=1S/C30H37N5O2S/c1-23(36)34-18-14-26-8-5-9-27(35(26)22-29-32-17-19-38-29)21-33(20-25-7-2-3-10-28(25)34)30(37)11-4-6-24-12-15-31-16-13-24/h2-3,7,10,12-13,15-17,19,26-27H,4-6,8-9,11,14,18,20-22H2,1H3. The number of aryl methyl sites for hydroxylation is 1. The molecule has 2 unspecified atom stereocenters. The summed E-state index contributed by atoms with van der Waals surface area (Å²) in [5, 5.41) is 3.14. The van der Waals surface area contributed by atoms with Gasteiger partial charge in [0.2, 0.25) is 11.8 Å². The maximum Gasteiger partial charge on any atom is 0.223 e. The number of anilines is 1. The van der Waals surface area contributed by atoms with E-state index in [1.54, 1.807) is 30.7 Å². The highest BCUT2D eigenvalue weighted by Crippen LogP contribution is 2.32. The highest BCUT2D eigenvalue weighted by atomic mass is 32.1. The van der Waals surface area contributed by atoms with Gasteiger partial charge in [-0.2, -0.15) is 0 Å². The molecule has 0 N–H and O–H groups in total. The third-order valence-corrected chi connectivity index (χ3v) is 8.68. The average Bonchev–Trinajstić information content (AvgIpc) is 3.43. The van der Waals surface area contributed by atoms with Crippen LogP contribution in [0.1, 0.15) is 61.6 Å². The summed E-state index contributed by atoms with van der Waals surface area (Å²) in [4.78, 5) is 41.8. The van der Waals surface area contributed by atoms with Crippen molar-refractivity contribution < 1.29 is 9.59 Å². The molecule has 0 spiro atoms. The van der Waals surface area contributed by atoms with Crippen LogP contribution in [-0.4, -0.2) is 56.8 Å². The number of aromatic nitrogens is 2. The van der Waals surface area contributed by atoms with Crippen molar-refractivity contribution in [1.82, 2.24) is 19.8 Å². The zero-order valence-corrected chi connectivity index (χ0v) is 23.0. The van der Waals surface area contributed by atoms with E-state index in [1.165, 1.54) is 5.56 Å². The van der Waals surface area contributed by atoms with Crippen LogP contribution >= 0.6 is 11.3 Å². The summed E-state index contributed by atoms with van der Waals surface area (Å²) < 4.78 is 0. The number of carbonyl (C=O) groups is 2. The zero-order chi connectivity index (χ0) is 26.3. The van der Waals surface area contributed by atoms with Crippen molar-refractivity contribution in [2.45, 2.75) is 77.0 Å². The number of benzene rings is 1. The number of thiazole rings is 1. The number of nitrogens with zero attached hydrogens (tertiary/aromatic N) is 5. The van der Waals surface area contributed by atoms with Gasteiger partial charge >= 0.3 is 0 Å². The smallest absolute Gasteiger partial charge is 0.223 e. The Morgan fingerprint density at radius 2 is 1.84 bits per heavy atom. The maximum atomic E-state index is 13.8. The molecule has 4 heterocycles. The Kier molecular flexibility index (Phi) is 8.81. The van der Waals surface area contributed by atoms with Crippen molar-refractivity contribution in [3.05, 3.63) is 76.5 Å². The van der Waals surface area contributed by atoms with Crippen LogP contribution in [0.3, 0.4) is 0 Å². The molecule has 3 aromatic rings. The molecule has 2 amide bonds. The quantitative estimate of drug-likeness (QED) is 0.444. The van der Waals surface area contributed by atoms with Crippen molar-refractivity contribution in [3.8, 4) is 0 Å². The SMILES string of the molecule is CC(=O)N1CCC2CCCC(CN(C(=O)CCCc3ccncc3)Cc3ccccc31)N2Cc1nccs1. The lowest BCUT2D eigenvalue weighted by atomic mass is 9.92. The second-order valence-corrected chi connectivity index (χ2v) is 11.4. The maximum absolute atomic E-state index is 13.8. The summed E-state index contributed by atoms with van der Waals surface area (Å²) in [5.74, 6) is 0.226. The number of para-hydroxylation sites is 1. The van der Waals surface area contributed by atoms with Gasteiger partial charge in [-0.05, 0) is 61.4 Å². The molecule has 1 fully saturated rings. The lowest BCUT2D eigenvalue weighted by molar-refractivity contribution is -0.133. The number of fused-ring (bicyclic) bond motifs is 3. The second-order valence-electron chi connectivity index (χ2n) is 10.4. The Labute approximate surface area is 229 Å². The third kappa shape index (κ3) is 6.48. The minimum Gasteiger partial charge on any atom is -0.337 e. The Morgan fingerprint density at radius 1 is 1.03 bits per heavy atom. The summed E-state index contributed by atoms with van der Waals surface area (Å²) >= 11 is 1.69. The van der Waals surface area contributed by atoms with E-state index in [0.717, 1.165) is 61.3 Å². The van der Waals surface area contributed by atoms with Gasteiger partial charge in [0.1, 0.15) is 5.01 Å². The van der Waals surface area contributed by atoms with Crippen molar-refractivity contribution in [2.75, 3.05) is 18.0 Å². The number of hydrogen-bond acceptors (Lipinski definition) is 6. The number of pyridine rings is 1. The molecular weight excluding hydrogens is 494 g/mol. The molecule has 0 aliphatic carbocycles. The summed E-state index contributed by atoms with van der Waals surface area (Å²) in [7, 11) is 0. The first-order valence-corrected chi connectivity index (χ1v) is 14.6. The van der Waals surface area contributed by atoms with Gasteiger partial charge in [0.05, 0.1) is 6.54 Å². The molecule has 200 valence electrons. The van der Waals surface area contributed by atoms with E-state index < -0.39 is 0 Å². The van der Waals surface area contributed by atoms with Gasteiger partial charge in [0.25, 0.3) is 0 Å². The molecular formula is C30H37N5O2S. The monoisotopic (exact) mass is 531 g/mol. The van der Waals surface area contributed by atoms with E-state index in [-0.39, 0.29) is 17.9 Å². The minimum atomic E-state index is 0.0470. The van der Waals surface area contributed by atoms with Crippen LogP contribution < -0.4 is 4.90 Å². The molecule has 2 bridgehead atoms. The molecule has 2 aliphatic rings. The molecule has 2 aromatic heterocycles. The van der Waals surface area contributed by atoms with Gasteiger partial charge in [-0.25, -0.2) is 4.98 Å². The largest absolute Gasteiger partial charge is 0.337 e. The normalized spacial score (nSPS) is 20.4. The fraction of sp³-hybridized carbons (Fsp3) is 0.467. The van der Waals surface area contributed by atoms with Gasteiger partial charge < -0.3 is 9.80 Å². The first-order chi connectivity index (χ1) is 18.6. The van der Waals surface area contributed by atoms with Gasteiger partial charge in [-0.3, -0.25) is 19.5 Å². The Balaban J connectivity index is 1.43. The van der Waals surface area contributed by atoms with Crippen LogP contribution in [0.4, 0.5) is 5.69 Å². The number of rotatable bonds is 6. The van der Waals surface area contributed by atoms with Crippen LogP contribution in [0, 0.1) is 0 Å². The zero-order valence-electron chi connectivity index (χ0n) is 22.2. The Hall–Kier alpha value is -3.10. The molecule has 1 saturated heterocycles. The van der Waals surface area contributed by atoms with Crippen molar-refractivity contribution in [2.24, 2.45) is 0 Å². The minimum absolute atomic E-state index is 0.0470. The highest BCUT2D eigenvalue weighted by Gasteiger charge is 2.34. The topological polar surface area (TPSA) is 69.6 Å². The second kappa shape index (κ2) is 12.6. The molecule has 2 atom stereocenters. The van der Waals surface area contributed by atoms with Gasteiger partial charge in [0.15, 0.2) is 0 Å². The van der Waals surface area contributed by atoms with E-state index >= 15 is 0 Å². The van der Waals surface area contributed by atoms with Crippen LogP contribution in [0.2, 0.25) is 0 Å². The Bertz CT molecular complexity index is 1200. The lowest BCUT2D eigenvalue weighted by Gasteiger charge is -2.43. The Morgan fingerprint density at radius 3 is 2.63 bits per heavy atom. The first kappa shape index (κ1) is 26.5. The molecule has 8 heteroatoms. The van der Waals surface area contributed by atoms with Crippen LogP contribution in [-0.2, 0) is 29.1 Å². The number of hydrogen-bond donors (Lipinski definition) is 0. The predicted octanol–water partition coefficient (Wildman–Crippen LogP) is 5.07. The fourth-order valence-electron chi connectivity index (χ4n) is 5.97. The van der Waals surface area contributed by atoms with Gasteiger partial charge in [0, 0.05) is 74.7 Å². The number of carbonyl (C=O) groups excluding carboxylic acids is 2. The van der Waals surface area contributed by atoms with Crippen LogP contribution in [0.25, 0.3) is 0 Å². The molecule has 7 nitrogen and oxygen atoms in total. The number of amides is 2. The van der Waals surface area contributed by atoms with E-state index in [0.29, 0.717) is 32.1 Å². The van der Waals surface area contributed by atoms with E-state index in [9.17, 15) is 9.59 Å². The predicted molar refractivity (Wildman–Crippen MR) is 151 cm³/mol.